The van der Waals surface area contributed by atoms with E-state index in [1.54, 1.807) is 0 Å². The van der Waals surface area contributed by atoms with Crippen LogP contribution in [0.1, 0.15) is 181 Å². The SMILES string of the molecule is CCCCC/C=C/C/C=C/C/C=C/C/C=C/CCCC(=O)O[C@@H](COC(=O)CCCCCCCCC/C=C/CCCCCCCC)CO[C@H]1O[C@@H](CO)[C@@H](O)C(O)C1O. The highest BCUT2D eigenvalue weighted by Crippen LogP contribution is 2.22. The van der Waals surface area contributed by atoms with Crippen molar-refractivity contribution in [2.24, 2.45) is 0 Å². The Kier molecular flexibility index (Phi) is 36.5. The molecule has 0 aliphatic carbocycles. The fourth-order valence-electron chi connectivity index (χ4n) is 6.65. The van der Waals surface area contributed by atoms with Crippen LogP contribution in [0.4, 0.5) is 0 Å². The minimum atomic E-state index is -1.61. The maximum atomic E-state index is 12.8. The first-order chi connectivity index (χ1) is 28.8. The van der Waals surface area contributed by atoms with Gasteiger partial charge in [-0.2, -0.15) is 0 Å². The second-order valence-corrected chi connectivity index (χ2v) is 15.8. The first-order valence-electron chi connectivity index (χ1n) is 23.4. The van der Waals surface area contributed by atoms with Crippen LogP contribution in [0, 0.1) is 0 Å². The lowest BCUT2D eigenvalue weighted by atomic mass is 9.99. The lowest BCUT2D eigenvalue weighted by molar-refractivity contribution is -0.305. The van der Waals surface area contributed by atoms with Crippen LogP contribution in [0.15, 0.2) is 60.8 Å². The summed E-state index contributed by atoms with van der Waals surface area (Å²) in [6.07, 6.45) is 40.8. The van der Waals surface area contributed by atoms with Crippen LogP contribution in [0.2, 0.25) is 0 Å². The van der Waals surface area contributed by atoms with Crippen LogP contribution < -0.4 is 0 Å². The first-order valence-corrected chi connectivity index (χ1v) is 23.4. The molecular formula is C49H84O10. The second-order valence-electron chi connectivity index (χ2n) is 15.8. The third kappa shape index (κ3) is 31.0. The molecule has 0 bridgehead atoms. The summed E-state index contributed by atoms with van der Waals surface area (Å²) in [4.78, 5) is 25.3. The summed E-state index contributed by atoms with van der Waals surface area (Å²) in [6, 6.07) is 0. The topological polar surface area (TPSA) is 152 Å². The van der Waals surface area contributed by atoms with Gasteiger partial charge in [0.1, 0.15) is 31.0 Å². The Bertz CT molecular complexity index is 1150. The van der Waals surface area contributed by atoms with Crippen molar-refractivity contribution in [3.05, 3.63) is 60.8 Å². The van der Waals surface area contributed by atoms with Crippen LogP contribution >= 0.6 is 0 Å². The predicted molar refractivity (Wildman–Crippen MR) is 238 cm³/mol. The number of aliphatic hydroxyl groups excluding tert-OH is 4. The number of hydrogen-bond acceptors (Lipinski definition) is 10. The lowest BCUT2D eigenvalue weighted by Crippen LogP contribution is -2.59. The summed E-state index contributed by atoms with van der Waals surface area (Å²) < 4.78 is 22.1. The van der Waals surface area contributed by atoms with Gasteiger partial charge in [-0.05, 0) is 77.0 Å². The van der Waals surface area contributed by atoms with Crippen molar-refractivity contribution in [3.8, 4) is 0 Å². The van der Waals surface area contributed by atoms with Gasteiger partial charge in [-0.25, -0.2) is 0 Å². The molecule has 1 heterocycles. The van der Waals surface area contributed by atoms with Crippen LogP contribution in [-0.4, -0.2) is 89.0 Å². The number of ether oxygens (including phenoxy) is 4. The van der Waals surface area contributed by atoms with Crippen molar-refractivity contribution >= 4 is 11.9 Å². The van der Waals surface area contributed by atoms with Crippen molar-refractivity contribution in [3.63, 3.8) is 0 Å². The van der Waals surface area contributed by atoms with Gasteiger partial charge in [0, 0.05) is 12.8 Å². The molecule has 0 aromatic rings. The highest BCUT2D eigenvalue weighted by atomic mass is 16.7. The molecule has 0 saturated carbocycles. The number of unbranched alkanes of at least 4 members (excludes halogenated alkanes) is 17. The molecule has 10 nitrogen and oxygen atoms in total. The Morgan fingerprint density at radius 1 is 0.525 bits per heavy atom. The van der Waals surface area contributed by atoms with Crippen LogP contribution in [-0.2, 0) is 28.5 Å². The summed E-state index contributed by atoms with van der Waals surface area (Å²) in [5.74, 6) is -0.879. The molecule has 1 saturated heterocycles. The Hall–Kier alpha value is -2.60. The minimum Gasteiger partial charge on any atom is -0.462 e. The maximum absolute atomic E-state index is 12.8. The van der Waals surface area contributed by atoms with E-state index in [0.29, 0.717) is 19.3 Å². The molecule has 1 aliphatic rings. The zero-order valence-corrected chi connectivity index (χ0v) is 37.0. The predicted octanol–water partition coefficient (Wildman–Crippen LogP) is 10.2. The highest BCUT2D eigenvalue weighted by Gasteiger charge is 2.44. The molecule has 10 heteroatoms. The van der Waals surface area contributed by atoms with Crippen LogP contribution in [0.3, 0.4) is 0 Å². The van der Waals surface area contributed by atoms with Crippen LogP contribution in [0.5, 0.6) is 0 Å². The van der Waals surface area contributed by atoms with E-state index in [2.05, 4.69) is 68.5 Å². The highest BCUT2D eigenvalue weighted by molar-refractivity contribution is 5.70. The molecule has 6 atom stereocenters. The zero-order chi connectivity index (χ0) is 43.0. The molecule has 0 amide bonds. The quantitative estimate of drug-likeness (QED) is 0.0269. The molecule has 0 radical (unpaired) electrons. The van der Waals surface area contributed by atoms with E-state index >= 15 is 0 Å². The molecular weight excluding hydrogens is 749 g/mol. The molecule has 1 fully saturated rings. The monoisotopic (exact) mass is 833 g/mol. The molecule has 0 spiro atoms. The van der Waals surface area contributed by atoms with Crippen molar-refractivity contribution in [2.75, 3.05) is 19.8 Å². The van der Waals surface area contributed by atoms with Gasteiger partial charge in [0.15, 0.2) is 12.4 Å². The number of aliphatic hydroxyl groups is 4. The van der Waals surface area contributed by atoms with E-state index in [0.717, 1.165) is 51.4 Å². The van der Waals surface area contributed by atoms with Crippen molar-refractivity contribution in [1.82, 2.24) is 0 Å². The summed E-state index contributed by atoms with van der Waals surface area (Å²) in [5.41, 5.74) is 0. The molecule has 1 rings (SSSR count). The van der Waals surface area contributed by atoms with E-state index in [4.69, 9.17) is 18.9 Å². The zero-order valence-electron chi connectivity index (χ0n) is 37.0. The van der Waals surface area contributed by atoms with Crippen molar-refractivity contribution in [1.29, 1.82) is 0 Å². The smallest absolute Gasteiger partial charge is 0.306 e. The fraction of sp³-hybridized carbons (Fsp3) is 0.755. The molecule has 2 unspecified atom stereocenters. The average molecular weight is 833 g/mol. The van der Waals surface area contributed by atoms with E-state index in [-0.39, 0.29) is 26.1 Å². The molecule has 1 aliphatic heterocycles. The van der Waals surface area contributed by atoms with Gasteiger partial charge in [-0.15, -0.1) is 0 Å². The Morgan fingerprint density at radius 2 is 0.966 bits per heavy atom. The van der Waals surface area contributed by atoms with Gasteiger partial charge >= 0.3 is 11.9 Å². The van der Waals surface area contributed by atoms with Gasteiger partial charge in [0.05, 0.1) is 13.2 Å². The van der Waals surface area contributed by atoms with E-state index in [1.165, 1.54) is 83.5 Å². The van der Waals surface area contributed by atoms with Gasteiger partial charge < -0.3 is 39.4 Å². The molecule has 0 aromatic carbocycles. The number of allylic oxidation sites excluding steroid dienone is 10. The third-order valence-corrected chi connectivity index (χ3v) is 10.4. The summed E-state index contributed by atoms with van der Waals surface area (Å²) in [5, 5.41) is 40.1. The normalized spacial score (nSPS) is 20.5. The van der Waals surface area contributed by atoms with Crippen LogP contribution in [0.25, 0.3) is 0 Å². The number of esters is 2. The standard InChI is InChI=1S/C49H84O10/c1-3-5-7-9-11-13-15-17-19-21-23-25-27-29-31-33-35-37-44(51)56-40-42(41-57-49-48(55)47(54)46(53)43(39-50)59-49)58-45(52)38-36-34-32-30-28-26-24-22-20-18-16-14-12-10-8-6-4-2/h12,14,17-20,24,26,30,32,42-43,46-50,53-55H,3-11,13,15-16,21-23,25,27-29,31,33-41H2,1-2H3/b14-12+,19-17+,20-18+,26-24+,32-30+/t42-,43-,46+,47?,48?,49-/m0/s1. The Morgan fingerprint density at radius 3 is 1.53 bits per heavy atom. The summed E-state index contributed by atoms with van der Waals surface area (Å²) in [7, 11) is 0. The molecule has 340 valence electrons. The van der Waals surface area contributed by atoms with Gasteiger partial charge in [0.25, 0.3) is 0 Å². The average Bonchev–Trinajstić information content (AvgIpc) is 3.23. The lowest BCUT2D eigenvalue weighted by Gasteiger charge is -2.39. The first kappa shape index (κ1) is 54.4. The molecule has 4 N–H and O–H groups in total. The molecule has 59 heavy (non-hydrogen) atoms. The minimum absolute atomic E-state index is 0.151. The number of hydrogen-bond donors (Lipinski definition) is 4. The largest absolute Gasteiger partial charge is 0.462 e. The summed E-state index contributed by atoms with van der Waals surface area (Å²) >= 11 is 0. The maximum Gasteiger partial charge on any atom is 0.306 e. The fourth-order valence-corrected chi connectivity index (χ4v) is 6.65. The van der Waals surface area contributed by atoms with E-state index in [9.17, 15) is 30.0 Å². The van der Waals surface area contributed by atoms with E-state index in [1.807, 2.05) is 6.08 Å². The second kappa shape index (κ2) is 39.5. The molecule has 0 aromatic heterocycles. The van der Waals surface area contributed by atoms with E-state index < -0.39 is 55.4 Å². The van der Waals surface area contributed by atoms with Gasteiger partial charge in [-0.1, -0.05) is 152 Å². The summed E-state index contributed by atoms with van der Waals surface area (Å²) in [6.45, 7) is 3.33. The Balaban J connectivity index is 2.36. The van der Waals surface area contributed by atoms with Crippen molar-refractivity contribution < 1.29 is 49.0 Å². The number of rotatable bonds is 38. The Labute approximate surface area is 358 Å². The van der Waals surface area contributed by atoms with Crippen molar-refractivity contribution in [2.45, 2.75) is 218 Å². The third-order valence-electron chi connectivity index (χ3n) is 10.4. The number of carbonyl (C=O) groups is 2. The van der Waals surface area contributed by atoms with Gasteiger partial charge in [0.2, 0.25) is 0 Å². The number of carbonyl (C=O) groups excluding carboxylic acids is 2. The van der Waals surface area contributed by atoms with Gasteiger partial charge in [-0.3, -0.25) is 9.59 Å².